The van der Waals surface area contributed by atoms with Gasteiger partial charge in [0.1, 0.15) is 5.75 Å². The van der Waals surface area contributed by atoms with Crippen molar-refractivity contribution in [3.05, 3.63) is 59.2 Å². The molecule has 7 heteroatoms. The van der Waals surface area contributed by atoms with Crippen LogP contribution in [0.4, 0.5) is 5.69 Å². The largest absolute Gasteiger partial charge is 0.484 e. The zero-order chi connectivity index (χ0) is 20.1. The Morgan fingerprint density at radius 2 is 1.89 bits per heavy atom. The topological polar surface area (TPSA) is 75.7 Å². The number of anilines is 1. The lowest BCUT2D eigenvalue weighted by atomic mass is 10.0. The summed E-state index contributed by atoms with van der Waals surface area (Å²) in [6, 6.07) is 13.2. The molecule has 0 saturated carbocycles. The number of amides is 1. The van der Waals surface area contributed by atoms with E-state index in [1.807, 2.05) is 56.3 Å². The fraction of sp³-hybridized carbons (Fsp3) is 0.381. The summed E-state index contributed by atoms with van der Waals surface area (Å²) < 4.78 is 31.7. The van der Waals surface area contributed by atoms with Crippen LogP contribution >= 0.6 is 0 Å². The smallest absolute Gasteiger partial charge is 0.262 e. The molecule has 1 amide bonds. The second-order valence-corrected chi connectivity index (χ2v) is 9.12. The summed E-state index contributed by atoms with van der Waals surface area (Å²) in [6.45, 7) is 4.62. The Hall–Kier alpha value is -2.38. The number of hydrogen-bond acceptors (Lipinski definition) is 4. The van der Waals surface area contributed by atoms with Crippen LogP contribution < -0.4 is 10.1 Å². The lowest BCUT2D eigenvalue weighted by Gasteiger charge is -2.28. The van der Waals surface area contributed by atoms with E-state index in [9.17, 15) is 13.2 Å². The third kappa shape index (κ3) is 5.11. The van der Waals surface area contributed by atoms with Crippen LogP contribution in [0.25, 0.3) is 0 Å². The highest BCUT2D eigenvalue weighted by atomic mass is 32.2. The van der Waals surface area contributed by atoms with E-state index in [0.29, 0.717) is 37.4 Å². The number of nitrogens with one attached hydrogen (secondary N) is 1. The van der Waals surface area contributed by atoms with E-state index in [1.165, 1.54) is 4.31 Å². The van der Waals surface area contributed by atoms with Gasteiger partial charge in [0.15, 0.2) is 6.61 Å². The number of ether oxygens (including phenoxy) is 1. The van der Waals surface area contributed by atoms with Crippen LogP contribution in [-0.4, -0.2) is 37.5 Å². The number of nitrogens with zero attached hydrogens (tertiary/aromatic N) is 1. The molecule has 0 aliphatic carbocycles. The average molecular weight is 403 g/mol. The van der Waals surface area contributed by atoms with Gasteiger partial charge < -0.3 is 10.1 Å². The summed E-state index contributed by atoms with van der Waals surface area (Å²) in [6.07, 6.45) is 1.28. The van der Waals surface area contributed by atoms with E-state index in [4.69, 9.17) is 4.74 Å². The van der Waals surface area contributed by atoms with Gasteiger partial charge >= 0.3 is 0 Å². The molecular formula is C21H26N2O4S. The Bertz CT molecular complexity index is 939. The maximum atomic E-state index is 12.3. The van der Waals surface area contributed by atoms with Gasteiger partial charge in [-0.1, -0.05) is 30.7 Å². The number of hydrogen-bond donors (Lipinski definition) is 1. The van der Waals surface area contributed by atoms with Crippen LogP contribution in [0, 0.1) is 6.92 Å². The highest BCUT2D eigenvalue weighted by molar-refractivity contribution is 7.89. The molecule has 2 aromatic rings. The normalized spacial score (nSPS) is 14.4. The summed E-state index contributed by atoms with van der Waals surface area (Å²) in [4.78, 5) is 12.2. The van der Waals surface area contributed by atoms with Crippen molar-refractivity contribution < 1.29 is 17.9 Å². The van der Waals surface area contributed by atoms with Gasteiger partial charge in [0.25, 0.3) is 5.91 Å². The number of carbonyl (C=O) groups excluding carboxylic acids is 1. The molecule has 28 heavy (non-hydrogen) atoms. The first-order valence-electron chi connectivity index (χ1n) is 9.46. The second kappa shape index (κ2) is 8.75. The van der Waals surface area contributed by atoms with Crippen molar-refractivity contribution in [1.29, 1.82) is 0 Å². The first-order chi connectivity index (χ1) is 13.4. The number of benzene rings is 2. The summed E-state index contributed by atoms with van der Waals surface area (Å²) in [7, 11) is -3.23. The van der Waals surface area contributed by atoms with Gasteiger partial charge in [-0.15, -0.1) is 0 Å². The maximum absolute atomic E-state index is 12.3. The average Bonchev–Trinajstić information content (AvgIpc) is 2.67. The van der Waals surface area contributed by atoms with Crippen molar-refractivity contribution in [3.8, 4) is 5.75 Å². The van der Waals surface area contributed by atoms with Crippen molar-refractivity contribution in [2.24, 2.45) is 0 Å². The molecule has 0 unspecified atom stereocenters. The summed E-state index contributed by atoms with van der Waals surface area (Å²) in [5.74, 6) is 0.546. The number of sulfonamides is 1. The molecule has 0 saturated heterocycles. The van der Waals surface area contributed by atoms with Gasteiger partial charge in [0, 0.05) is 18.8 Å². The molecule has 2 aromatic carbocycles. The Kier molecular flexibility index (Phi) is 6.36. The predicted molar refractivity (Wildman–Crippen MR) is 110 cm³/mol. The lowest BCUT2D eigenvalue weighted by molar-refractivity contribution is -0.118. The molecule has 150 valence electrons. The van der Waals surface area contributed by atoms with E-state index < -0.39 is 10.0 Å². The summed E-state index contributed by atoms with van der Waals surface area (Å²) in [5, 5.41) is 2.82. The number of fused-ring (bicyclic) bond motifs is 1. The van der Waals surface area contributed by atoms with Crippen LogP contribution in [0.2, 0.25) is 0 Å². The van der Waals surface area contributed by atoms with Gasteiger partial charge in [-0.2, -0.15) is 4.31 Å². The Morgan fingerprint density at radius 1 is 1.14 bits per heavy atom. The maximum Gasteiger partial charge on any atom is 0.262 e. The van der Waals surface area contributed by atoms with Crippen molar-refractivity contribution in [3.63, 3.8) is 0 Å². The minimum absolute atomic E-state index is 0.0862. The third-order valence-corrected chi connectivity index (χ3v) is 6.74. The van der Waals surface area contributed by atoms with Gasteiger partial charge in [-0.25, -0.2) is 8.42 Å². The second-order valence-electron chi connectivity index (χ2n) is 7.03. The van der Waals surface area contributed by atoms with Gasteiger partial charge in [-0.3, -0.25) is 4.79 Å². The van der Waals surface area contributed by atoms with Crippen molar-refractivity contribution in [2.75, 3.05) is 24.2 Å². The number of carbonyl (C=O) groups is 1. The minimum atomic E-state index is -3.23. The van der Waals surface area contributed by atoms with Crippen LogP contribution in [0.3, 0.4) is 0 Å². The standard InChI is InChI=1S/C21H26N2O4S/c1-3-12-28(25,26)23-11-10-17-6-7-19(13-18(17)14-23)22-21(24)15-27-20-8-4-16(2)5-9-20/h4-9,13H,3,10-12,14-15H2,1-2H3,(H,22,24). The minimum Gasteiger partial charge on any atom is -0.484 e. The highest BCUT2D eigenvalue weighted by Gasteiger charge is 2.26. The van der Waals surface area contributed by atoms with E-state index in [1.54, 1.807) is 0 Å². The SMILES string of the molecule is CCCS(=O)(=O)N1CCc2ccc(NC(=O)COc3ccc(C)cc3)cc2C1. The predicted octanol–water partition coefficient (Wildman–Crippen LogP) is 3.11. The van der Waals surface area contributed by atoms with E-state index in [0.717, 1.165) is 16.7 Å². The molecule has 0 fully saturated rings. The van der Waals surface area contributed by atoms with Crippen LogP contribution in [0.5, 0.6) is 5.75 Å². The van der Waals surface area contributed by atoms with Gasteiger partial charge in [0.05, 0.1) is 5.75 Å². The third-order valence-electron chi connectivity index (χ3n) is 4.71. The highest BCUT2D eigenvalue weighted by Crippen LogP contribution is 2.25. The molecule has 0 aromatic heterocycles. The first kappa shape index (κ1) is 20.4. The number of aryl methyl sites for hydroxylation is 1. The van der Waals surface area contributed by atoms with Crippen molar-refractivity contribution in [1.82, 2.24) is 4.31 Å². The summed E-state index contributed by atoms with van der Waals surface area (Å²) >= 11 is 0. The number of rotatable bonds is 7. The molecule has 0 radical (unpaired) electrons. The fourth-order valence-electron chi connectivity index (χ4n) is 3.21. The van der Waals surface area contributed by atoms with Crippen molar-refractivity contribution in [2.45, 2.75) is 33.2 Å². The molecule has 1 heterocycles. The zero-order valence-electron chi connectivity index (χ0n) is 16.3. The van der Waals surface area contributed by atoms with Crippen LogP contribution in [0.15, 0.2) is 42.5 Å². The monoisotopic (exact) mass is 402 g/mol. The molecule has 0 atom stereocenters. The molecule has 1 aliphatic heterocycles. The van der Waals surface area contributed by atoms with E-state index >= 15 is 0 Å². The lowest BCUT2D eigenvalue weighted by Crippen LogP contribution is -2.37. The quantitative estimate of drug-likeness (QED) is 0.772. The molecule has 0 bridgehead atoms. The molecule has 1 aliphatic rings. The van der Waals surface area contributed by atoms with Crippen molar-refractivity contribution >= 4 is 21.6 Å². The molecule has 6 nitrogen and oxygen atoms in total. The summed E-state index contributed by atoms with van der Waals surface area (Å²) in [5.41, 5.74) is 3.83. The molecule has 1 N–H and O–H groups in total. The van der Waals surface area contributed by atoms with Crippen LogP contribution in [-0.2, 0) is 27.8 Å². The Balaban J connectivity index is 1.61. The molecular weight excluding hydrogens is 376 g/mol. The molecule has 3 rings (SSSR count). The van der Waals surface area contributed by atoms with Crippen LogP contribution in [0.1, 0.15) is 30.0 Å². The fourth-order valence-corrected chi connectivity index (χ4v) is 4.69. The zero-order valence-corrected chi connectivity index (χ0v) is 17.1. The first-order valence-corrected chi connectivity index (χ1v) is 11.1. The van der Waals surface area contributed by atoms with E-state index in [2.05, 4.69) is 5.32 Å². The Morgan fingerprint density at radius 3 is 2.61 bits per heavy atom. The van der Waals surface area contributed by atoms with Gasteiger partial charge in [-0.05, 0) is 55.2 Å². The Labute approximate surface area is 166 Å². The van der Waals surface area contributed by atoms with Gasteiger partial charge in [0.2, 0.25) is 10.0 Å². The van der Waals surface area contributed by atoms with E-state index in [-0.39, 0.29) is 18.3 Å². The molecule has 0 spiro atoms.